The van der Waals surface area contributed by atoms with Crippen molar-refractivity contribution in [3.05, 3.63) is 107 Å². The van der Waals surface area contributed by atoms with E-state index >= 15 is 0 Å². The van der Waals surface area contributed by atoms with Gasteiger partial charge in [0.25, 0.3) is 0 Å². The summed E-state index contributed by atoms with van der Waals surface area (Å²) >= 11 is 1.45. The molecule has 0 saturated carbocycles. The third-order valence-corrected chi connectivity index (χ3v) is 5.85. The highest BCUT2D eigenvalue weighted by molar-refractivity contribution is 7.98. The van der Waals surface area contributed by atoms with Crippen LogP contribution >= 0.6 is 11.8 Å². The maximum absolute atomic E-state index is 12.8. The first-order valence-electron chi connectivity index (χ1n) is 9.74. The molecular weight excluding hydrogens is 419 g/mol. The minimum absolute atomic E-state index is 0.494. The first-order valence-corrected chi connectivity index (χ1v) is 10.7. The lowest BCUT2D eigenvalue weighted by Gasteiger charge is -2.11. The second kappa shape index (κ2) is 8.98. The molecule has 1 aromatic heterocycles. The molecule has 0 amide bonds. The van der Waals surface area contributed by atoms with Crippen LogP contribution in [0.3, 0.4) is 0 Å². The summed E-state index contributed by atoms with van der Waals surface area (Å²) in [5.74, 6) is 1.30. The number of aromatic nitrogens is 3. The molecule has 3 nitrogen and oxygen atoms in total. The van der Waals surface area contributed by atoms with Crippen LogP contribution in [0.1, 0.15) is 28.1 Å². The van der Waals surface area contributed by atoms with E-state index in [0.29, 0.717) is 17.3 Å². The monoisotopic (exact) mass is 439 g/mol. The van der Waals surface area contributed by atoms with Crippen molar-refractivity contribution in [2.75, 3.05) is 0 Å². The lowest BCUT2D eigenvalue weighted by Crippen LogP contribution is -2.05. The molecule has 0 N–H and O–H groups in total. The van der Waals surface area contributed by atoms with Crippen LogP contribution in [-0.4, -0.2) is 14.8 Å². The van der Waals surface area contributed by atoms with Gasteiger partial charge in [-0.15, -0.1) is 10.2 Å². The molecule has 0 aliphatic carbocycles. The zero-order valence-electron chi connectivity index (χ0n) is 16.8. The minimum Gasteiger partial charge on any atom is -0.274 e. The molecule has 0 atom stereocenters. The van der Waals surface area contributed by atoms with E-state index < -0.39 is 11.7 Å². The van der Waals surface area contributed by atoms with E-state index in [4.69, 9.17) is 0 Å². The number of rotatable bonds is 6. The summed E-state index contributed by atoms with van der Waals surface area (Å²) < 4.78 is 40.4. The largest absolute Gasteiger partial charge is 0.416 e. The highest BCUT2D eigenvalue weighted by atomic mass is 32.2. The number of aryl methyl sites for hydroxylation is 1. The van der Waals surface area contributed by atoms with Crippen molar-refractivity contribution in [3.8, 4) is 5.69 Å². The summed E-state index contributed by atoms with van der Waals surface area (Å²) in [4.78, 5) is 0. The molecule has 158 valence electrons. The fourth-order valence-electron chi connectivity index (χ4n) is 3.18. The Morgan fingerprint density at radius 2 is 1.48 bits per heavy atom. The van der Waals surface area contributed by atoms with Crippen LogP contribution < -0.4 is 0 Å². The van der Waals surface area contributed by atoms with E-state index in [1.54, 1.807) is 0 Å². The fourth-order valence-corrected chi connectivity index (χ4v) is 4.10. The molecule has 31 heavy (non-hydrogen) atoms. The Balaban J connectivity index is 1.60. The summed E-state index contributed by atoms with van der Waals surface area (Å²) in [5.41, 5.74) is 3.38. The molecule has 4 aromatic rings. The van der Waals surface area contributed by atoms with Gasteiger partial charge in [-0.05, 0) is 42.3 Å². The summed E-state index contributed by atoms with van der Waals surface area (Å²) in [7, 11) is 0. The van der Waals surface area contributed by atoms with E-state index in [9.17, 15) is 13.2 Å². The van der Waals surface area contributed by atoms with E-state index in [1.807, 2.05) is 66.1 Å². The van der Waals surface area contributed by atoms with Crippen LogP contribution in [-0.2, 0) is 18.3 Å². The lowest BCUT2D eigenvalue weighted by molar-refractivity contribution is -0.137. The van der Waals surface area contributed by atoms with Gasteiger partial charge in [-0.25, -0.2) is 0 Å². The second-order valence-corrected chi connectivity index (χ2v) is 8.16. The summed E-state index contributed by atoms with van der Waals surface area (Å²) in [6.45, 7) is 2.03. The molecule has 0 fully saturated rings. The molecule has 1 heterocycles. The number of nitrogens with zero attached hydrogens (tertiary/aromatic N) is 3. The molecule has 3 aromatic carbocycles. The second-order valence-electron chi connectivity index (χ2n) is 7.22. The highest BCUT2D eigenvalue weighted by Gasteiger charge is 2.29. The van der Waals surface area contributed by atoms with Crippen molar-refractivity contribution in [1.82, 2.24) is 14.8 Å². The van der Waals surface area contributed by atoms with E-state index in [-0.39, 0.29) is 0 Å². The maximum atomic E-state index is 12.8. The number of hydrogen-bond acceptors (Lipinski definition) is 3. The quantitative estimate of drug-likeness (QED) is 0.322. The lowest BCUT2D eigenvalue weighted by atomic mass is 10.1. The van der Waals surface area contributed by atoms with Gasteiger partial charge in [0.05, 0.1) is 5.56 Å². The molecule has 0 aliphatic rings. The average Bonchev–Trinajstić information content (AvgIpc) is 3.15. The first kappa shape index (κ1) is 21.2. The van der Waals surface area contributed by atoms with Crippen molar-refractivity contribution in [3.63, 3.8) is 0 Å². The van der Waals surface area contributed by atoms with Crippen LogP contribution in [0, 0.1) is 6.92 Å². The third-order valence-electron chi connectivity index (χ3n) is 4.85. The standard InChI is InChI=1S/C24H20F3N3S/c1-17-7-13-21(14-8-17)30-22(15-18-5-3-2-4-6-18)28-29-23(30)31-16-19-9-11-20(12-10-19)24(25,26)27/h2-14H,15-16H2,1H3. The van der Waals surface area contributed by atoms with Crippen LogP contribution in [0.5, 0.6) is 0 Å². The predicted molar refractivity (Wildman–Crippen MR) is 116 cm³/mol. The predicted octanol–water partition coefficient (Wildman–Crippen LogP) is 6.48. The van der Waals surface area contributed by atoms with Crippen molar-refractivity contribution >= 4 is 11.8 Å². The number of alkyl halides is 3. The Hall–Kier alpha value is -3.06. The molecule has 0 unspecified atom stereocenters. The topological polar surface area (TPSA) is 30.7 Å². The first-order chi connectivity index (χ1) is 14.9. The molecule has 0 aliphatic heterocycles. The third kappa shape index (κ3) is 5.17. The number of benzene rings is 3. The van der Waals surface area contributed by atoms with Gasteiger partial charge in [0, 0.05) is 17.9 Å². The molecule has 7 heteroatoms. The van der Waals surface area contributed by atoms with Gasteiger partial charge in [-0.3, -0.25) is 4.57 Å². The summed E-state index contributed by atoms with van der Waals surface area (Å²) in [6.07, 6.45) is -3.70. The van der Waals surface area contributed by atoms with Gasteiger partial charge >= 0.3 is 6.18 Å². The number of halogens is 3. The molecule has 0 saturated heterocycles. The van der Waals surface area contributed by atoms with E-state index in [2.05, 4.69) is 10.2 Å². The molecule has 0 spiro atoms. The van der Waals surface area contributed by atoms with Gasteiger partial charge < -0.3 is 0 Å². The van der Waals surface area contributed by atoms with Gasteiger partial charge in [0.15, 0.2) is 5.16 Å². The summed E-state index contributed by atoms with van der Waals surface area (Å²) in [5, 5.41) is 9.49. The van der Waals surface area contributed by atoms with Gasteiger partial charge in [-0.1, -0.05) is 71.9 Å². The zero-order valence-corrected chi connectivity index (χ0v) is 17.6. The Labute approximate surface area is 183 Å². The van der Waals surface area contributed by atoms with E-state index in [1.165, 1.54) is 23.9 Å². The smallest absolute Gasteiger partial charge is 0.274 e. The number of thioether (sulfide) groups is 1. The van der Waals surface area contributed by atoms with Crippen LogP contribution in [0.2, 0.25) is 0 Å². The normalized spacial score (nSPS) is 11.6. The molecular formula is C24H20F3N3S. The zero-order chi connectivity index (χ0) is 21.8. The maximum Gasteiger partial charge on any atom is 0.416 e. The van der Waals surface area contributed by atoms with Crippen LogP contribution in [0.15, 0.2) is 84.0 Å². The van der Waals surface area contributed by atoms with Crippen molar-refractivity contribution in [2.24, 2.45) is 0 Å². The van der Waals surface area contributed by atoms with Gasteiger partial charge in [0.1, 0.15) is 5.82 Å². The Kier molecular flexibility index (Phi) is 6.13. The van der Waals surface area contributed by atoms with Crippen molar-refractivity contribution in [2.45, 2.75) is 30.4 Å². The average molecular weight is 440 g/mol. The molecule has 0 radical (unpaired) electrons. The van der Waals surface area contributed by atoms with E-state index in [0.717, 1.165) is 40.3 Å². The SMILES string of the molecule is Cc1ccc(-n2c(Cc3ccccc3)nnc2SCc2ccc(C(F)(F)F)cc2)cc1. The fraction of sp³-hybridized carbons (Fsp3) is 0.167. The molecule has 0 bridgehead atoms. The Morgan fingerprint density at radius 1 is 0.806 bits per heavy atom. The highest BCUT2D eigenvalue weighted by Crippen LogP contribution is 2.31. The van der Waals surface area contributed by atoms with Crippen LogP contribution in [0.4, 0.5) is 13.2 Å². The van der Waals surface area contributed by atoms with Gasteiger partial charge in [0.2, 0.25) is 0 Å². The van der Waals surface area contributed by atoms with Crippen molar-refractivity contribution in [1.29, 1.82) is 0 Å². The Morgan fingerprint density at radius 3 is 2.13 bits per heavy atom. The van der Waals surface area contributed by atoms with Gasteiger partial charge in [-0.2, -0.15) is 13.2 Å². The number of hydrogen-bond donors (Lipinski definition) is 0. The van der Waals surface area contributed by atoms with Crippen molar-refractivity contribution < 1.29 is 13.2 Å². The molecule has 4 rings (SSSR count). The summed E-state index contributed by atoms with van der Waals surface area (Å²) in [6, 6.07) is 23.4. The van der Waals surface area contributed by atoms with Crippen LogP contribution in [0.25, 0.3) is 5.69 Å². The Bertz CT molecular complexity index is 1140. The minimum atomic E-state index is -4.33.